The van der Waals surface area contributed by atoms with Crippen LogP contribution in [0.5, 0.6) is 23.0 Å². The van der Waals surface area contributed by atoms with Crippen molar-refractivity contribution in [1.82, 2.24) is 0 Å². The van der Waals surface area contributed by atoms with Gasteiger partial charge >= 0.3 is 5.63 Å². The number of benzene rings is 2. The van der Waals surface area contributed by atoms with Gasteiger partial charge in [0.05, 0.1) is 27.7 Å². The highest BCUT2D eigenvalue weighted by Gasteiger charge is 2.16. The molecule has 2 aromatic carbocycles. The van der Waals surface area contributed by atoms with Crippen molar-refractivity contribution < 1.29 is 32.3 Å². The lowest BCUT2D eigenvalue weighted by Gasteiger charge is -2.10. The molecular formula is C15H12O6. The number of hydrogen-bond donors (Lipinski definition) is 2. The molecule has 0 aliphatic carbocycles. The molecule has 0 radical (unpaired) electrons. The van der Waals surface area contributed by atoms with E-state index in [-0.39, 0.29) is 21.7 Å². The molecule has 0 fully saturated rings. The normalized spacial score (nSPS) is 16.4. The van der Waals surface area contributed by atoms with Gasteiger partial charge in [0.15, 0.2) is 22.8 Å². The maximum atomic E-state index is 12.3. The molecule has 0 unspecified atom stereocenters. The second-order valence-electron chi connectivity index (χ2n) is 4.25. The topological polar surface area (TPSA) is 89.1 Å². The summed E-state index contributed by atoms with van der Waals surface area (Å²) in [6.07, 6.45) is 0. The van der Waals surface area contributed by atoms with Crippen molar-refractivity contribution in [3.8, 4) is 23.0 Å². The van der Waals surface area contributed by atoms with Gasteiger partial charge in [0.1, 0.15) is 0 Å². The first kappa shape index (κ1) is 7.78. The van der Waals surface area contributed by atoms with E-state index >= 15 is 0 Å². The summed E-state index contributed by atoms with van der Waals surface area (Å²) in [4.78, 5) is 12.3. The van der Waals surface area contributed by atoms with Crippen LogP contribution >= 0.6 is 0 Å². The second kappa shape index (κ2) is 4.59. The van der Waals surface area contributed by atoms with Crippen LogP contribution in [0.15, 0.2) is 33.5 Å². The zero-order valence-electron chi connectivity index (χ0n) is 16.3. The van der Waals surface area contributed by atoms with Crippen LogP contribution in [0.4, 0.5) is 0 Å². The summed E-state index contributed by atoms with van der Waals surface area (Å²) in [6, 6.07) is 4.56. The predicted molar refractivity (Wildman–Crippen MR) is 76.4 cm³/mol. The number of phenolic OH excluding ortho intramolecular Hbond substituents is 2. The van der Waals surface area contributed by atoms with Crippen molar-refractivity contribution >= 4 is 21.7 Å². The lowest BCUT2D eigenvalue weighted by atomic mass is 10.1. The smallest absolute Gasteiger partial charge is 0.344 e. The Bertz CT molecular complexity index is 1100. The quantitative estimate of drug-likeness (QED) is 0.428. The highest BCUT2D eigenvalue weighted by molar-refractivity contribution is 6.07. The van der Waals surface area contributed by atoms with Crippen LogP contribution in [0, 0.1) is 0 Å². The van der Waals surface area contributed by atoms with E-state index in [1.54, 1.807) is 0 Å². The third-order valence-electron chi connectivity index (χ3n) is 3.12. The molecule has 3 rings (SSSR count). The Morgan fingerprint density at radius 1 is 1.05 bits per heavy atom. The Morgan fingerprint density at radius 2 is 1.71 bits per heavy atom. The summed E-state index contributed by atoms with van der Waals surface area (Å²) < 4.78 is 57.8. The molecule has 1 heterocycles. The van der Waals surface area contributed by atoms with E-state index in [2.05, 4.69) is 0 Å². The number of rotatable bonds is 2. The van der Waals surface area contributed by atoms with Crippen LogP contribution in [0.2, 0.25) is 0 Å². The first-order valence-corrected chi connectivity index (χ1v) is 5.69. The van der Waals surface area contributed by atoms with E-state index in [0.29, 0.717) is 0 Å². The lowest BCUT2D eigenvalue weighted by molar-refractivity contribution is 0.355. The van der Waals surface area contributed by atoms with Crippen LogP contribution in [-0.4, -0.2) is 24.3 Å². The van der Waals surface area contributed by atoms with Crippen molar-refractivity contribution in [2.45, 2.75) is 0 Å². The summed E-state index contributed by atoms with van der Waals surface area (Å²) in [5, 5.41) is 19.6. The zero-order valence-corrected chi connectivity index (χ0v) is 10.3. The zero-order chi connectivity index (χ0) is 20.1. The fourth-order valence-electron chi connectivity index (χ4n) is 2.14. The Kier molecular flexibility index (Phi) is 1.70. The van der Waals surface area contributed by atoms with Gasteiger partial charge in [0, 0.05) is 10.8 Å². The van der Waals surface area contributed by atoms with Crippen molar-refractivity contribution in [3.05, 3.63) is 34.7 Å². The van der Waals surface area contributed by atoms with Gasteiger partial charge in [-0.3, -0.25) is 0 Å². The minimum atomic E-state index is -2.93. The highest BCUT2D eigenvalue weighted by atomic mass is 16.5. The van der Waals surface area contributed by atoms with Crippen LogP contribution in [-0.2, 0) is 0 Å². The van der Waals surface area contributed by atoms with Crippen molar-refractivity contribution in [2.75, 3.05) is 14.1 Å². The monoisotopic (exact) mass is 294 g/mol. The van der Waals surface area contributed by atoms with Gasteiger partial charge in [0.2, 0.25) is 5.75 Å². The van der Waals surface area contributed by atoms with Gasteiger partial charge in [-0.2, -0.15) is 0 Å². The first-order chi connectivity index (χ1) is 12.4. The predicted octanol–water partition coefficient (Wildman–Crippen LogP) is 2.37. The molecule has 6 nitrogen and oxygen atoms in total. The molecule has 0 saturated heterocycles. The Morgan fingerprint density at radius 3 is 2.38 bits per heavy atom. The van der Waals surface area contributed by atoms with Crippen molar-refractivity contribution in [2.24, 2.45) is 0 Å². The number of hydrogen-bond acceptors (Lipinski definition) is 6. The summed E-state index contributed by atoms with van der Waals surface area (Å²) in [6.45, 7) is 0. The Balaban J connectivity index is 2.39. The molecule has 0 aliphatic heterocycles. The average Bonchev–Trinajstić information content (AvgIpc) is 2.50. The van der Waals surface area contributed by atoms with Crippen LogP contribution in [0.1, 0.15) is 8.22 Å². The van der Waals surface area contributed by atoms with E-state index in [1.807, 2.05) is 0 Å². The minimum absolute atomic E-state index is 0.105. The van der Waals surface area contributed by atoms with Gasteiger partial charge in [-0.15, -0.1) is 0 Å². The SMILES string of the molecule is [2H]C([2H])([2H])Oc1cc2c(=O)oc3c(O)c(O)ccc3c2cc1OC([2H])([2H])[2H]. The van der Waals surface area contributed by atoms with Gasteiger partial charge in [-0.05, 0) is 24.3 Å². The molecule has 0 amide bonds. The van der Waals surface area contributed by atoms with E-state index in [4.69, 9.17) is 22.1 Å². The molecule has 6 heteroatoms. The number of aromatic hydroxyl groups is 2. The third kappa shape index (κ3) is 1.84. The molecule has 21 heavy (non-hydrogen) atoms. The molecular weight excluding hydrogens is 276 g/mol. The molecule has 3 aromatic rings. The van der Waals surface area contributed by atoms with Crippen LogP contribution < -0.4 is 15.1 Å². The molecule has 0 bridgehead atoms. The first-order valence-electron chi connectivity index (χ1n) is 8.69. The number of ether oxygens (including phenoxy) is 2. The van der Waals surface area contributed by atoms with Gasteiger partial charge in [-0.25, -0.2) is 4.79 Å². The summed E-state index contributed by atoms with van der Waals surface area (Å²) in [5.41, 5.74) is -1.29. The molecule has 0 aliphatic rings. The molecule has 0 spiro atoms. The summed E-state index contributed by atoms with van der Waals surface area (Å²) >= 11 is 0. The maximum Gasteiger partial charge on any atom is 0.344 e. The molecule has 0 saturated carbocycles. The van der Waals surface area contributed by atoms with Gasteiger partial charge < -0.3 is 24.1 Å². The van der Waals surface area contributed by atoms with E-state index in [1.165, 1.54) is 6.07 Å². The molecule has 0 atom stereocenters. The average molecular weight is 294 g/mol. The summed E-state index contributed by atoms with van der Waals surface area (Å²) in [5.74, 6) is -2.13. The fraction of sp³-hybridized carbons (Fsp3) is 0.133. The second-order valence-corrected chi connectivity index (χ2v) is 4.25. The lowest BCUT2D eigenvalue weighted by Crippen LogP contribution is -2.01. The van der Waals surface area contributed by atoms with Crippen LogP contribution in [0.25, 0.3) is 21.7 Å². The molecule has 2 N–H and O–H groups in total. The van der Waals surface area contributed by atoms with E-state index < -0.39 is 42.7 Å². The fourth-order valence-corrected chi connectivity index (χ4v) is 2.14. The standard InChI is InChI=1S/C15H12O6/c1-19-11-5-8-7-3-4-10(16)13(17)14(7)21-15(18)9(8)6-12(11)20-2/h3-6,16-17H,1-2H3/i1D3,2D3. The number of fused-ring (bicyclic) bond motifs is 3. The third-order valence-corrected chi connectivity index (χ3v) is 3.12. The highest BCUT2D eigenvalue weighted by Crippen LogP contribution is 2.38. The van der Waals surface area contributed by atoms with E-state index in [0.717, 1.165) is 18.2 Å². The van der Waals surface area contributed by atoms with Crippen molar-refractivity contribution in [3.63, 3.8) is 0 Å². The van der Waals surface area contributed by atoms with Crippen LogP contribution in [0.3, 0.4) is 0 Å². The minimum Gasteiger partial charge on any atom is -0.504 e. The number of methoxy groups -OCH3 is 2. The van der Waals surface area contributed by atoms with Gasteiger partial charge in [0.25, 0.3) is 0 Å². The van der Waals surface area contributed by atoms with Crippen molar-refractivity contribution in [1.29, 1.82) is 0 Å². The van der Waals surface area contributed by atoms with Gasteiger partial charge in [-0.1, -0.05) is 0 Å². The maximum absolute atomic E-state index is 12.3. The Labute approximate surface area is 127 Å². The van der Waals surface area contributed by atoms with E-state index in [9.17, 15) is 15.0 Å². The number of phenols is 2. The Hall–Kier alpha value is -2.89. The molecule has 1 aromatic heterocycles. The molecule has 108 valence electrons. The largest absolute Gasteiger partial charge is 0.504 e. The summed E-state index contributed by atoms with van der Waals surface area (Å²) in [7, 11) is -5.85.